The molecule has 0 fully saturated rings. The number of hydrogen-bond acceptors (Lipinski definition) is 13. The van der Waals surface area contributed by atoms with Crippen molar-refractivity contribution in [2.24, 2.45) is 0 Å². The smallest absolute Gasteiger partial charge is 0.462 e. The molecule has 0 aromatic carbocycles. The van der Waals surface area contributed by atoms with Gasteiger partial charge in [0.05, 0.1) is 64.4 Å². The fourth-order valence-corrected chi connectivity index (χ4v) is 7.03. The van der Waals surface area contributed by atoms with Gasteiger partial charge >= 0.3 is 19.8 Å². The van der Waals surface area contributed by atoms with Gasteiger partial charge in [-0.1, -0.05) is 117 Å². The van der Waals surface area contributed by atoms with E-state index in [-0.39, 0.29) is 51.7 Å². The number of carbonyl (C=O) groups excluding carboxylic acids is 2. The number of nitrogens with zero attached hydrogens (tertiary/aromatic N) is 1. The van der Waals surface area contributed by atoms with Crippen molar-refractivity contribution in [2.75, 3.05) is 47.5 Å². The van der Waals surface area contributed by atoms with Crippen molar-refractivity contribution in [1.82, 2.24) is 0 Å². The second-order valence-electron chi connectivity index (χ2n) is 17.0. The van der Waals surface area contributed by atoms with Crippen LogP contribution in [0.4, 0.5) is 0 Å². The molecule has 0 rings (SSSR count). The fraction of sp³-hybridized carbons (Fsp3) is 0.952. The van der Waals surface area contributed by atoms with E-state index in [0.29, 0.717) is 43.1 Å². The highest BCUT2D eigenvalue weighted by molar-refractivity contribution is 7.47. The second kappa shape index (κ2) is 34.4. The quantitative estimate of drug-likeness (QED) is 0.0166. The molecule has 0 amide bonds. The molecule has 7 N–H and O–H groups in total. The predicted molar refractivity (Wildman–Crippen MR) is 224 cm³/mol. The minimum Gasteiger partial charge on any atom is -0.462 e. The molecule has 0 radical (unpaired) electrons. The summed E-state index contributed by atoms with van der Waals surface area (Å²) in [7, 11) is 1.27. The number of aliphatic hydroxyl groups is 6. The molecule has 16 heteroatoms. The Kier molecular flexibility index (Phi) is 33.6. The first-order valence-corrected chi connectivity index (χ1v) is 23.8. The topological polar surface area (TPSA) is 230 Å². The van der Waals surface area contributed by atoms with Gasteiger partial charge in [0.25, 0.3) is 0 Å². The SMILES string of the molecule is CCCCCCCCCCCCCCCC(=O)OC[C@H](COP(=O)(O)OCC[N+](C)(C)C)OC(=O)CCCCCCCC(O)C(O)CC(O)C(O)CC(O)C(O)CC. The van der Waals surface area contributed by atoms with Gasteiger partial charge in [-0.05, 0) is 25.7 Å². The van der Waals surface area contributed by atoms with Crippen molar-refractivity contribution in [3.8, 4) is 0 Å². The van der Waals surface area contributed by atoms with Gasteiger partial charge in [0.1, 0.15) is 19.8 Å². The molecule has 346 valence electrons. The molecule has 0 aromatic rings. The van der Waals surface area contributed by atoms with E-state index in [0.717, 1.165) is 25.7 Å². The van der Waals surface area contributed by atoms with Crippen LogP contribution >= 0.6 is 7.82 Å². The Balaban J connectivity index is 4.59. The maximum absolute atomic E-state index is 12.7. The monoisotopic (exact) mass is 859 g/mol. The Hall–Kier alpha value is -1.23. The number of phosphoric ester groups is 1. The number of phosphoric acid groups is 1. The molecule has 0 spiro atoms. The molecule has 7 unspecified atom stereocenters. The standard InChI is InChI=1S/C42H84NO14P/c1-6-8-9-10-11-12-13-14-15-16-17-20-23-26-41(50)54-32-34(33-56-58(52,53)55-29-28-43(3,4)5)57-42(51)27-24-21-18-19-22-25-36(45)38(47)31-40(49)39(48)30-37(46)35(44)7-2/h34-40,44-49H,6-33H2,1-5H3/p+1/t34-,35?,36?,37?,38?,39?,40?/m1/s1. The van der Waals surface area contributed by atoms with E-state index in [1.54, 1.807) is 6.92 Å². The molecule has 0 aliphatic rings. The van der Waals surface area contributed by atoms with Crippen LogP contribution in [0.3, 0.4) is 0 Å². The van der Waals surface area contributed by atoms with Crippen molar-refractivity contribution in [2.45, 2.75) is 211 Å². The van der Waals surface area contributed by atoms with Crippen LogP contribution < -0.4 is 0 Å². The number of quaternary nitrogens is 1. The first-order valence-electron chi connectivity index (χ1n) is 22.3. The Morgan fingerprint density at radius 1 is 0.552 bits per heavy atom. The number of carbonyl (C=O) groups is 2. The highest BCUT2D eigenvalue weighted by atomic mass is 31.2. The van der Waals surface area contributed by atoms with Gasteiger partial charge in [-0.15, -0.1) is 0 Å². The summed E-state index contributed by atoms with van der Waals surface area (Å²) in [5, 5.41) is 60.4. The van der Waals surface area contributed by atoms with E-state index in [9.17, 15) is 49.7 Å². The molecule has 15 nitrogen and oxygen atoms in total. The molecular formula is C42H85NO14P+. The predicted octanol–water partition coefficient (Wildman–Crippen LogP) is 5.85. The van der Waals surface area contributed by atoms with E-state index in [2.05, 4.69) is 6.92 Å². The summed E-state index contributed by atoms with van der Waals surface area (Å²) in [4.78, 5) is 35.4. The average molecular weight is 859 g/mol. The highest BCUT2D eigenvalue weighted by Gasteiger charge is 2.29. The Morgan fingerprint density at radius 3 is 1.47 bits per heavy atom. The number of ether oxygens (including phenoxy) is 2. The Bertz CT molecular complexity index is 1060. The molecular weight excluding hydrogens is 773 g/mol. The Morgan fingerprint density at radius 2 is 0.983 bits per heavy atom. The van der Waals surface area contributed by atoms with Crippen LogP contribution in [0.2, 0.25) is 0 Å². The van der Waals surface area contributed by atoms with Crippen LogP contribution in [0.1, 0.15) is 168 Å². The van der Waals surface area contributed by atoms with Crippen LogP contribution in [-0.4, -0.2) is 142 Å². The number of aliphatic hydroxyl groups excluding tert-OH is 6. The number of hydrogen-bond donors (Lipinski definition) is 7. The zero-order chi connectivity index (χ0) is 43.8. The lowest BCUT2D eigenvalue weighted by Gasteiger charge is -2.26. The number of likely N-dealkylation sites (N-methyl/N-ethyl adjacent to an activating group) is 1. The third kappa shape index (κ3) is 33.5. The first-order chi connectivity index (χ1) is 27.4. The van der Waals surface area contributed by atoms with Gasteiger partial charge in [0.15, 0.2) is 6.10 Å². The summed E-state index contributed by atoms with van der Waals surface area (Å²) in [6.07, 6.45) is 10.4. The van der Waals surface area contributed by atoms with Crippen molar-refractivity contribution in [3.63, 3.8) is 0 Å². The van der Waals surface area contributed by atoms with E-state index < -0.39 is 69.1 Å². The zero-order valence-corrected chi connectivity index (χ0v) is 37.6. The Labute approximate surface area is 350 Å². The fourth-order valence-electron chi connectivity index (χ4n) is 6.29. The van der Waals surface area contributed by atoms with Gasteiger partial charge in [-0.3, -0.25) is 18.6 Å². The van der Waals surface area contributed by atoms with Gasteiger partial charge in [-0.2, -0.15) is 0 Å². The summed E-state index contributed by atoms with van der Waals surface area (Å²) >= 11 is 0. The van der Waals surface area contributed by atoms with Crippen molar-refractivity contribution < 1.29 is 72.7 Å². The normalized spacial score (nSPS) is 16.8. The lowest BCUT2D eigenvalue weighted by Crippen LogP contribution is -2.39. The molecule has 0 heterocycles. The molecule has 0 aliphatic carbocycles. The first kappa shape index (κ1) is 56.8. The number of esters is 2. The van der Waals surface area contributed by atoms with E-state index in [1.807, 2.05) is 21.1 Å². The zero-order valence-electron chi connectivity index (χ0n) is 36.7. The number of unbranched alkanes of at least 4 members (excludes halogenated alkanes) is 16. The lowest BCUT2D eigenvalue weighted by molar-refractivity contribution is -0.870. The molecule has 8 atom stereocenters. The number of rotatable bonds is 40. The van der Waals surface area contributed by atoms with Gasteiger partial charge < -0.3 is 49.5 Å². The molecule has 0 aliphatic heterocycles. The minimum atomic E-state index is -4.46. The van der Waals surface area contributed by atoms with Crippen LogP contribution in [0.15, 0.2) is 0 Å². The van der Waals surface area contributed by atoms with Gasteiger partial charge in [-0.25, -0.2) is 4.57 Å². The van der Waals surface area contributed by atoms with E-state index >= 15 is 0 Å². The summed E-state index contributed by atoms with van der Waals surface area (Å²) in [5.41, 5.74) is 0. The van der Waals surface area contributed by atoms with Crippen LogP contribution in [0, 0.1) is 0 Å². The van der Waals surface area contributed by atoms with Crippen LogP contribution in [-0.2, 0) is 32.7 Å². The average Bonchev–Trinajstić information content (AvgIpc) is 3.15. The van der Waals surface area contributed by atoms with E-state index in [1.165, 1.54) is 57.8 Å². The van der Waals surface area contributed by atoms with Crippen LogP contribution in [0.25, 0.3) is 0 Å². The lowest BCUT2D eigenvalue weighted by atomic mass is 9.95. The summed E-state index contributed by atoms with van der Waals surface area (Å²) in [5.74, 6) is -1.01. The summed E-state index contributed by atoms with van der Waals surface area (Å²) < 4.78 is 34.0. The second-order valence-corrected chi connectivity index (χ2v) is 18.4. The largest absolute Gasteiger partial charge is 0.472 e. The van der Waals surface area contributed by atoms with E-state index in [4.69, 9.17) is 18.5 Å². The molecule has 0 bridgehead atoms. The van der Waals surface area contributed by atoms with Crippen molar-refractivity contribution in [3.05, 3.63) is 0 Å². The van der Waals surface area contributed by atoms with Gasteiger partial charge in [0, 0.05) is 25.7 Å². The summed E-state index contributed by atoms with van der Waals surface area (Å²) in [6.45, 7) is 3.52. The van der Waals surface area contributed by atoms with Crippen molar-refractivity contribution >= 4 is 19.8 Å². The third-order valence-corrected chi connectivity index (χ3v) is 11.2. The minimum absolute atomic E-state index is 0.0277. The molecule has 0 saturated heterocycles. The molecule has 58 heavy (non-hydrogen) atoms. The third-order valence-electron chi connectivity index (χ3n) is 10.3. The van der Waals surface area contributed by atoms with Crippen LogP contribution in [0.5, 0.6) is 0 Å². The molecule has 0 aromatic heterocycles. The molecule has 0 saturated carbocycles. The highest BCUT2D eigenvalue weighted by Crippen LogP contribution is 2.43. The van der Waals surface area contributed by atoms with Crippen molar-refractivity contribution in [1.29, 1.82) is 0 Å². The summed E-state index contributed by atoms with van der Waals surface area (Å²) in [6, 6.07) is 0. The van der Waals surface area contributed by atoms with Gasteiger partial charge in [0.2, 0.25) is 0 Å². The maximum atomic E-state index is 12.7. The maximum Gasteiger partial charge on any atom is 0.472 e.